The van der Waals surface area contributed by atoms with E-state index in [1.54, 1.807) is 12.3 Å². The first-order chi connectivity index (χ1) is 15.9. The lowest BCUT2D eigenvalue weighted by Gasteiger charge is -2.09. The van der Waals surface area contributed by atoms with Gasteiger partial charge < -0.3 is 16.2 Å². The van der Waals surface area contributed by atoms with Gasteiger partial charge in [0, 0.05) is 30.8 Å². The normalized spacial score (nSPS) is 11.8. The third-order valence-electron chi connectivity index (χ3n) is 4.73. The van der Waals surface area contributed by atoms with E-state index in [0.717, 1.165) is 40.3 Å². The van der Waals surface area contributed by atoms with Gasteiger partial charge in [-0.2, -0.15) is 20.4 Å². The van der Waals surface area contributed by atoms with Gasteiger partial charge in [0.1, 0.15) is 22.6 Å². The summed E-state index contributed by atoms with van der Waals surface area (Å²) in [6.07, 6.45) is 1.83. The number of carbonyl (C=O) groups is 2. The van der Waals surface area contributed by atoms with Crippen molar-refractivity contribution in [2.75, 3.05) is 11.1 Å². The van der Waals surface area contributed by atoms with Crippen molar-refractivity contribution in [3.63, 3.8) is 0 Å². The van der Waals surface area contributed by atoms with E-state index in [-0.39, 0.29) is 18.2 Å². The molecule has 0 bridgehead atoms. The van der Waals surface area contributed by atoms with E-state index >= 15 is 0 Å². The van der Waals surface area contributed by atoms with Gasteiger partial charge in [-0.1, -0.05) is 12.1 Å². The van der Waals surface area contributed by atoms with Crippen LogP contribution < -0.4 is 11.1 Å². The van der Waals surface area contributed by atoms with Gasteiger partial charge in [0.15, 0.2) is 5.78 Å². The molecule has 0 atom stereocenters. The third kappa shape index (κ3) is 5.15. The monoisotopic (exact) mass is 444 g/mol. The predicted octanol–water partition coefficient (Wildman–Crippen LogP) is 2.28. The minimum atomic E-state index is -0.833. The first kappa shape index (κ1) is 21.6. The lowest BCUT2D eigenvalue weighted by Crippen LogP contribution is -2.16. The van der Waals surface area contributed by atoms with Crippen LogP contribution in [0.2, 0.25) is 0 Å². The number of aromatic nitrogens is 5. The van der Waals surface area contributed by atoms with Crippen LogP contribution in [-0.4, -0.2) is 47.9 Å². The highest BCUT2D eigenvalue weighted by atomic mass is 16.4. The summed E-state index contributed by atoms with van der Waals surface area (Å²) >= 11 is 0. The van der Waals surface area contributed by atoms with Crippen molar-refractivity contribution in [1.82, 2.24) is 25.4 Å². The van der Waals surface area contributed by atoms with E-state index in [1.807, 2.05) is 36.4 Å². The smallest absolute Gasteiger partial charge is 0.300 e. The summed E-state index contributed by atoms with van der Waals surface area (Å²) in [5.41, 5.74) is 11.2. The zero-order valence-corrected chi connectivity index (χ0v) is 17.6. The molecule has 0 saturated carbocycles. The van der Waals surface area contributed by atoms with E-state index < -0.39 is 5.97 Å². The highest BCUT2D eigenvalue weighted by Gasteiger charge is 2.23. The van der Waals surface area contributed by atoms with Gasteiger partial charge in [-0.05, 0) is 41.5 Å². The van der Waals surface area contributed by atoms with Crippen LogP contribution in [0.25, 0.3) is 11.0 Å². The van der Waals surface area contributed by atoms with Crippen LogP contribution in [0.15, 0.2) is 53.7 Å². The Hall–Kier alpha value is -4.67. The first-order valence-corrected chi connectivity index (χ1v) is 9.94. The van der Waals surface area contributed by atoms with E-state index in [4.69, 9.17) is 15.6 Å². The van der Waals surface area contributed by atoms with E-state index in [2.05, 4.69) is 35.7 Å². The molecule has 5 N–H and O–H groups in total. The van der Waals surface area contributed by atoms with Crippen molar-refractivity contribution in [1.29, 1.82) is 0 Å². The number of rotatable bonds is 5. The fourth-order valence-electron chi connectivity index (χ4n) is 3.36. The van der Waals surface area contributed by atoms with Crippen LogP contribution in [0, 0.1) is 0 Å². The van der Waals surface area contributed by atoms with Gasteiger partial charge in [0.05, 0.1) is 6.54 Å². The molecule has 0 unspecified atom stereocenters. The Kier molecular flexibility index (Phi) is 6.02. The average molecular weight is 444 g/mol. The highest BCUT2D eigenvalue weighted by molar-refractivity contribution is 6.47. The van der Waals surface area contributed by atoms with Crippen LogP contribution in [0.5, 0.6) is 0 Å². The number of carbonyl (C=O) groups excluding carboxylic acids is 1. The minimum Gasteiger partial charge on any atom is -0.481 e. The van der Waals surface area contributed by atoms with Crippen molar-refractivity contribution >= 4 is 46.0 Å². The Bertz CT molecular complexity index is 1380. The van der Waals surface area contributed by atoms with Gasteiger partial charge >= 0.3 is 0 Å². The fourth-order valence-corrected chi connectivity index (χ4v) is 3.36. The number of aromatic amines is 1. The molecule has 1 aliphatic heterocycles. The van der Waals surface area contributed by atoms with Crippen LogP contribution in [0.3, 0.4) is 0 Å². The molecule has 166 valence electrons. The van der Waals surface area contributed by atoms with Crippen LogP contribution in [-0.2, 0) is 22.6 Å². The zero-order valence-electron chi connectivity index (χ0n) is 17.6. The maximum atomic E-state index is 12.9. The van der Waals surface area contributed by atoms with Crippen molar-refractivity contribution < 1.29 is 14.7 Å². The number of nitrogens with one attached hydrogen (secondary N) is 2. The minimum absolute atomic E-state index is 0.0324. The van der Waals surface area contributed by atoms with Gasteiger partial charge in [-0.25, -0.2) is 4.98 Å². The number of nitrogens with zero attached hydrogens (tertiary/aromatic N) is 5. The highest BCUT2D eigenvalue weighted by Crippen LogP contribution is 2.26. The van der Waals surface area contributed by atoms with E-state index in [9.17, 15) is 4.79 Å². The van der Waals surface area contributed by atoms with Gasteiger partial charge in [-0.3, -0.25) is 14.6 Å². The Morgan fingerprint density at radius 2 is 1.91 bits per heavy atom. The number of carboxylic acids is 1. The molecule has 2 aromatic heterocycles. The number of fused-ring (bicyclic) bond motifs is 2. The van der Waals surface area contributed by atoms with Crippen molar-refractivity contribution in [3.8, 4) is 0 Å². The van der Waals surface area contributed by atoms with Gasteiger partial charge in [0.2, 0.25) is 5.95 Å². The quantitative estimate of drug-likeness (QED) is 0.360. The summed E-state index contributed by atoms with van der Waals surface area (Å²) in [7, 11) is 0. The van der Waals surface area contributed by atoms with Crippen molar-refractivity contribution in [3.05, 3.63) is 65.4 Å². The number of carboxylic acid groups (broad SMARTS) is 1. The van der Waals surface area contributed by atoms with E-state index in [1.165, 1.54) is 0 Å². The zero-order chi connectivity index (χ0) is 23.4. The number of benzene rings is 2. The molecule has 4 aromatic rings. The predicted molar refractivity (Wildman–Crippen MR) is 122 cm³/mol. The molecule has 11 nitrogen and oxygen atoms in total. The maximum Gasteiger partial charge on any atom is 0.300 e. The third-order valence-corrected chi connectivity index (χ3v) is 4.73. The molecule has 5 rings (SSSR count). The Labute approximate surface area is 187 Å². The number of nitrogens with two attached hydrogens (primary N) is 1. The standard InChI is InChI=1S/C20H16N8O.C2H4O2/c21-20-22-6-5-18(25-20)24-13-3-2-12-10-23-19(14(12)9-13)17(29)8-11-1-4-15-16(7-11)27-28-26-15;1-2(3)4/h1-7,9H,8,10H2,(H,26,27,28)(H3,21,22,24,25);1H3,(H,3,4). The molecule has 33 heavy (non-hydrogen) atoms. The fraction of sp³-hybridized carbons (Fsp3) is 0.136. The molecule has 11 heteroatoms. The largest absolute Gasteiger partial charge is 0.481 e. The number of nitrogen functional groups attached to an aromatic ring is 1. The lowest BCUT2D eigenvalue weighted by molar-refractivity contribution is -0.134. The second-order valence-corrected chi connectivity index (χ2v) is 7.23. The second kappa shape index (κ2) is 9.22. The first-order valence-electron chi connectivity index (χ1n) is 9.94. The summed E-state index contributed by atoms with van der Waals surface area (Å²) in [5, 5.41) is 21.3. The van der Waals surface area contributed by atoms with Crippen LogP contribution in [0.4, 0.5) is 17.5 Å². The molecule has 2 aromatic carbocycles. The Morgan fingerprint density at radius 1 is 1.12 bits per heavy atom. The Balaban J connectivity index is 0.000000601. The molecule has 0 aliphatic carbocycles. The number of H-pyrrole nitrogens is 1. The van der Waals surface area contributed by atoms with E-state index in [0.29, 0.717) is 18.1 Å². The number of aliphatic carboxylic acids is 1. The second-order valence-electron chi connectivity index (χ2n) is 7.23. The summed E-state index contributed by atoms with van der Waals surface area (Å²) < 4.78 is 0. The molecule has 3 heterocycles. The van der Waals surface area contributed by atoms with Crippen molar-refractivity contribution in [2.24, 2.45) is 4.99 Å². The SMILES string of the molecule is CC(=O)O.Nc1nccc(Nc2ccc3c(c2)C(C(=O)Cc2ccc4n[nH]nc4c2)=NC3)n1. The molecule has 0 saturated heterocycles. The summed E-state index contributed by atoms with van der Waals surface area (Å²) in [6, 6.07) is 13.1. The molecule has 0 spiro atoms. The number of hydrogen-bond acceptors (Lipinski definition) is 9. The molecular formula is C22H20N8O3. The number of ketones is 1. The number of aliphatic imine (C=N–C) groups is 1. The Morgan fingerprint density at radius 3 is 2.70 bits per heavy atom. The molecular weight excluding hydrogens is 424 g/mol. The number of Topliss-reactive ketones (excluding diaryl/α,β-unsaturated/α-hetero) is 1. The van der Waals surface area contributed by atoms with Crippen LogP contribution in [0.1, 0.15) is 23.6 Å². The molecule has 0 radical (unpaired) electrons. The number of anilines is 3. The summed E-state index contributed by atoms with van der Waals surface area (Å²) in [4.78, 5) is 34.4. The average Bonchev–Trinajstić information content (AvgIpc) is 3.39. The summed E-state index contributed by atoms with van der Waals surface area (Å²) in [6.45, 7) is 1.58. The van der Waals surface area contributed by atoms with Gasteiger partial charge in [0.25, 0.3) is 5.97 Å². The number of hydrogen-bond donors (Lipinski definition) is 4. The topological polar surface area (TPSA) is 172 Å². The van der Waals surface area contributed by atoms with Crippen LogP contribution >= 0.6 is 0 Å². The maximum absolute atomic E-state index is 12.9. The van der Waals surface area contributed by atoms with Gasteiger partial charge in [-0.15, -0.1) is 0 Å². The molecule has 0 amide bonds. The molecule has 0 fully saturated rings. The summed E-state index contributed by atoms with van der Waals surface area (Å²) in [5.74, 6) is -0.0890. The lowest BCUT2D eigenvalue weighted by atomic mass is 9.98. The van der Waals surface area contributed by atoms with Crippen molar-refractivity contribution in [2.45, 2.75) is 19.9 Å². The molecule has 1 aliphatic rings.